The van der Waals surface area contributed by atoms with Gasteiger partial charge in [0.2, 0.25) is 0 Å². The molecule has 98 valence electrons. The lowest BCUT2D eigenvalue weighted by atomic mass is 10.1. The second-order valence-corrected chi connectivity index (χ2v) is 5.67. The number of thiocyanates is 1. The van der Waals surface area contributed by atoms with E-state index in [0.717, 1.165) is 21.7 Å². The van der Waals surface area contributed by atoms with E-state index in [1.807, 2.05) is 25.1 Å². The lowest BCUT2D eigenvalue weighted by Crippen LogP contribution is -1.79. The number of rotatable bonds is 2. The van der Waals surface area contributed by atoms with E-state index in [-0.39, 0.29) is 0 Å². The van der Waals surface area contributed by atoms with Crippen LogP contribution in [0.2, 0.25) is 0 Å². The Balaban J connectivity index is 2.23. The number of aryl methyl sites for hydroxylation is 2. The predicted octanol–water partition coefficient (Wildman–Crippen LogP) is 5.02. The fourth-order valence-electron chi connectivity index (χ4n) is 2.52. The molecule has 0 spiro atoms. The van der Waals surface area contributed by atoms with E-state index >= 15 is 0 Å². The highest BCUT2D eigenvalue weighted by molar-refractivity contribution is 8.03. The van der Waals surface area contributed by atoms with Crippen molar-refractivity contribution in [1.82, 2.24) is 4.98 Å². The third-order valence-corrected chi connectivity index (χ3v) is 4.32. The second-order valence-electron chi connectivity index (χ2n) is 4.85. The number of benzene rings is 2. The number of H-pyrrole nitrogens is 1. The maximum absolute atomic E-state index is 8.86. The second kappa shape index (κ2) is 5.07. The van der Waals surface area contributed by atoms with E-state index in [9.17, 15) is 0 Å². The van der Waals surface area contributed by atoms with Crippen molar-refractivity contribution in [2.75, 3.05) is 0 Å². The Morgan fingerprint density at radius 1 is 1.10 bits per heavy atom. The van der Waals surface area contributed by atoms with Crippen molar-refractivity contribution >= 4 is 22.7 Å². The Labute approximate surface area is 122 Å². The summed E-state index contributed by atoms with van der Waals surface area (Å²) in [5.41, 5.74) is 5.82. The Kier molecular flexibility index (Phi) is 3.25. The van der Waals surface area contributed by atoms with Crippen LogP contribution in [-0.2, 0) is 0 Å². The van der Waals surface area contributed by atoms with Crippen LogP contribution in [0.1, 0.15) is 11.1 Å². The van der Waals surface area contributed by atoms with Crippen LogP contribution in [0.5, 0.6) is 0 Å². The summed E-state index contributed by atoms with van der Waals surface area (Å²) in [6, 6.07) is 14.6. The Morgan fingerprint density at radius 3 is 2.55 bits per heavy atom. The maximum atomic E-state index is 8.86. The molecule has 0 atom stereocenters. The molecule has 2 aromatic carbocycles. The first-order chi connectivity index (χ1) is 9.70. The van der Waals surface area contributed by atoms with Crippen LogP contribution in [0.15, 0.2) is 47.4 Å². The van der Waals surface area contributed by atoms with Crippen LogP contribution in [0.3, 0.4) is 0 Å². The molecule has 0 saturated carbocycles. The summed E-state index contributed by atoms with van der Waals surface area (Å²) < 4.78 is 0. The monoisotopic (exact) mass is 278 g/mol. The molecule has 1 aromatic heterocycles. The summed E-state index contributed by atoms with van der Waals surface area (Å²) in [6.45, 7) is 4.19. The zero-order valence-corrected chi connectivity index (χ0v) is 12.2. The zero-order valence-electron chi connectivity index (χ0n) is 11.4. The molecular formula is C17H14N2S. The molecule has 0 aliphatic heterocycles. The number of nitriles is 1. The van der Waals surface area contributed by atoms with Crippen LogP contribution >= 0.6 is 11.8 Å². The number of hydrogen-bond acceptors (Lipinski definition) is 2. The van der Waals surface area contributed by atoms with Crippen LogP contribution in [0.4, 0.5) is 0 Å². The predicted molar refractivity (Wildman–Crippen MR) is 84.7 cm³/mol. The molecule has 0 unspecified atom stereocenters. The number of nitrogens with zero attached hydrogens (tertiary/aromatic N) is 1. The number of thioether (sulfide) groups is 1. The zero-order chi connectivity index (χ0) is 14.1. The largest absolute Gasteiger partial charge is 0.354 e. The smallest absolute Gasteiger partial charge is 0.138 e. The van der Waals surface area contributed by atoms with Gasteiger partial charge in [-0.05, 0) is 54.4 Å². The molecule has 0 fully saturated rings. The molecular weight excluding hydrogens is 264 g/mol. The van der Waals surface area contributed by atoms with Gasteiger partial charge < -0.3 is 4.98 Å². The fraction of sp³-hybridized carbons (Fsp3) is 0.118. The molecule has 0 bridgehead atoms. The summed E-state index contributed by atoms with van der Waals surface area (Å²) in [5.74, 6) is 0. The van der Waals surface area contributed by atoms with Crippen LogP contribution in [0.25, 0.3) is 22.2 Å². The number of hydrogen-bond donors (Lipinski definition) is 1. The van der Waals surface area contributed by atoms with Gasteiger partial charge in [0.15, 0.2) is 0 Å². The van der Waals surface area contributed by atoms with Gasteiger partial charge in [0.25, 0.3) is 0 Å². The Bertz CT molecular complexity index is 810. The Morgan fingerprint density at radius 2 is 1.85 bits per heavy atom. The minimum atomic E-state index is 1.01. The van der Waals surface area contributed by atoms with E-state index < -0.39 is 0 Å². The van der Waals surface area contributed by atoms with E-state index in [2.05, 4.69) is 41.6 Å². The van der Waals surface area contributed by atoms with E-state index in [1.54, 1.807) is 0 Å². The minimum absolute atomic E-state index is 1.01. The molecule has 0 aliphatic rings. The third-order valence-electron chi connectivity index (χ3n) is 3.57. The van der Waals surface area contributed by atoms with Crippen LogP contribution < -0.4 is 0 Å². The summed E-state index contributed by atoms with van der Waals surface area (Å²) in [7, 11) is 0. The summed E-state index contributed by atoms with van der Waals surface area (Å²) in [4.78, 5) is 4.50. The molecule has 1 N–H and O–H groups in total. The highest BCUT2D eigenvalue weighted by atomic mass is 32.2. The molecule has 0 radical (unpaired) electrons. The number of aromatic amines is 1. The molecule has 3 rings (SSSR count). The van der Waals surface area contributed by atoms with Crippen LogP contribution in [-0.4, -0.2) is 4.98 Å². The van der Waals surface area contributed by atoms with Gasteiger partial charge in [0, 0.05) is 21.5 Å². The van der Waals surface area contributed by atoms with Gasteiger partial charge in [0.05, 0.1) is 0 Å². The van der Waals surface area contributed by atoms with Gasteiger partial charge in [0.1, 0.15) is 5.40 Å². The quantitative estimate of drug-likeness (QED) is 0.528. The average Bonchev–Trinajstić information content (AvgIpc) is 2.78. The summed E-state index contributed by atoms with van der Waals surface area (Å²) in [6.07, 6.45) is 0. The van der Waals surface area contributed by atoms with Gasteiger partial charge in [-0.25, -0.2) is 0 Å². The van der Waals surface area contributed by atoms with Crippen molar-refractivity contribution in [3.63, 3.8) is 0 Å². The van der Waals surface area contributed by atoms with Crippen molar-refractivity contribution in [3.8, 4) is 16.7 Å². The normalized spacial score (nSPS) is 10.7. The SMILES string of the molecule is Cc1cc2c(C)c(-c3ccccc3)[nH]c2cc1SC#N. The van der Waals surface area contributed by atoms with Crippen molar-refractivity contribution in [3.05, 3.63) is 53.6 Å². The van der Waals surface area contributed by atoms with Gasteiger partial charge in [-0.1, -0.05) is 30.3 Å². The standard InChI is InChI=1S/C17H14N2S/c1-11-8-14-12(2)17(13-6-4-3-5-7-13)19-15(14)9-16(11)20-10-18/h3-9,19H,1-2H3. The molecule has 3 aromatic rings. The molecule has 0 aliphatic carbocycles. The first-order valence-corrected chi connectivity index (χ1v) is 7.26. The van der Waals surface area contributed by atoms with Crippen molar-refractivity contribution in [2.24, 2.45) is 0 Å². The number of aromatic nitrogens is 1. The maximum Gasteiger partial charge on any atom is 0.138 e. The van der Waals surface area contributed by atoms with Gasteiger partial charge >= 0.3 is 0 Å². The molecule has 0 amide bonds. The van der Waals surface area contributed by atoms with Crippen LogP contribution in [0, 0.1) is 24.5 Å². The number of fused-ring (bicyclic) bond motifs is 1. The lowest BCUT2D eigenvalue weighted by molar-refractivity contribution is 1.32. The summed E-state index contributed by atoms with van der Waals surface area (Å²) in [5, 5.41) is 12.2. The van der Waals surface area contributed by atoms with Gasteiger partial charge in [-0.15, -0.1) is 0 Å². The molecule has 0 saturated heterocycles. The molecule has 2 nitrogen and oxygen atoms in total. The molecule has 20 heavy (non-hydrogen) atoms. The highest BCUT2D eigenvalue weighted by Gasteiger charge is 2.11. The topological polar surface area (TPSA) is 39.6 Å². The van der Waals surface area contributed by atoms with Crippen molar-refractivity contribution in [2.45, 2.75) is 18.7 Å². The lowest BCUT2D eigenvalue weighted by Gasteiger charge is -2.01. The fourth-order valence-corrected chi connectivity index (χ4v) is 3.01. The van der Waals surface area contributed by atoms with Crippen molar-refractivity contribution < 1.29 is 0 Å². The third kappa shape index (κ3) is 2.09. The molecule has 3 heteroatoms. The highest BCUT2D eigenvalue weighted by Crippen LogP contribution is 2.33. The van der Waals surface area contributed by atoms with Gasteiger partial charge in [-0.2, -0.15) is 5.26 Å². The van der Waals surface area contributed by atoms with Crippen molar-refractivity contribution in [1.29, 1.82) is 5.26 Å². The van der Waals surface area contributed by atoms with Gasteiger partial charge in [-0.3, -0.25) is 0 Å². The van der Waals surface area contributed by atoms with E-state index in [0.29, 0.717) is 0 Å². The first-order valence-electron chi connectivity index (χ1n) is 6.45. The average molecular weight is 278 g/mol. The Hall–Kier alpha value is -2.18. The summed E-state index contributed by atoms with van der Waals surface area (Å²) >= 11 is 1.21. The molecule has 1 heterocycles. The first kappa shape index (κ1) is 12.8. The van der Waals surface area contributed by atoms with E-state index in [4.69, 9.17) is 5.26 Å². The van der Waals surface area contributed by atoms with E-state index in [1.165, 1.54) is 28.3 Å². The number of nitrogens with one attached hydrogen (secondary N) is 1. The minimum Gasteiger partial charge on any atom is -0.354 e.